The molecule has 194 valence electrons. The average molecular weight is 519 g/mol. The number of fused-ring (bicyclic) bond motifs is 1. The molecular formula is C25H22F5N5O2. The van der Waals surface area contributed by atoms with Crippen molar-refractivity contribution in [3.8, 4) is 16.9 Å². The lowest BCUT2D eigenvalue weighted by molar-refractivity contribution is -0.274. The molecule has 37 heavy (non-hydrogen) atoms. The monoisotopic (exact) mass is 519 g/mol. The van der Waals surface area contributed by atoms with Gasteiger partial charge in [-0.1, -0.05) is 12.1 Å². The molecule has 0 saturated carbocycles. The smallest absolute Gasteiger partial charge is 0.406 e. The van der Waals surface area contributed by atoms with Gasteiger partial charge >= 0.3 is 12.5 Å². The molecule has 1 fully saturated rings. The molecule has 0 bridgehead atoms. The van der Waals surface area contributed by atoms with E-state index in [1.165, 1.54) is 24.4 Å². The normalized spacial score (nSPS) is 14.8. The van der Waals surface area contributed by atoms with Crippen molar-refractivity contribution in [1.82, 2.24) is 19.6 Å². The van der Waals surface area contributed by atoms with Crippen molar-refractivity contribution in [3.63, 3.8) is 0 Å². The van der Waals surface area contributed by atoms with Crippen LogP contribution in [0, 0.1) is 0 Å². The van der Waals surface area contributed by atoms with E-state index in [2.05, 4.69) is 24.8 Å². The minimum Gasteiger partial charge on any atom is -0.406 e. The number of anilines is 1. The second kappa shape index (κ2) is 9.92. The largest absolute Gasteiger partial charge is 0.573 e. The van der Waals surface area contributed by atoms with Crippen LogP contribution in [-0.2, 0) is 17.5 Å². The van der Waals surface area contributed by atoms with Gasteiger partial charge in [-0.2, -0.15) is 8.78 Å². The van der Waals surface area contributed by atoms with E-state index in [1.54, 1.807) is 24.4 Å². The lowest BCUT2D eigenvalue weighted by Gasteiger charge is -2.28. The van der Waals surface area contributed by atoms with Gasteiger partial charge in [0.2, 0.25) is 5.82 Å². The Morgan fingerprint density at radius 3 is 2.30 bits per heavy atom. The second-order valence-electron chi connectivity index (χ2n) is 8.62. The van der Waals surface area contributed by atoms with E-state index in [9.17, 15) is 13.2 Å². The number of piperidine rings is 1. The van der Waals surface area contributed by atoms with E-state index in [-0.39, 0.29) is 18.0 Å². The molecule has 0 N–H and O–H groups in total. The first-order chi connectivity index (χ1) is 17.7. The summed E-state index contributed by atoms with van der Waals surface area (Å²) in [4.78, 5) is 6.48. The molecule has 0 spiro atoms. The molecule has 0 amide bonds. The summed E-state index contributed by atoms with van der Waals surface area (Å²) < 4.78 is 77.4. The number of ether oxygens (including phenoxy) is 2. The fraction of sp³-hybridized carbons (Fsp3) is 0.320. The van der Waals surface area contributed by atoms with Crippen LogP contribution in [0.4, 0.5) is 27.8 Å². The molecule has 1 aliphatic heterocycles. The lowest BCUT2D eigenvalue weighted by atomic mass is 10.1. The van der Waals surface area contributed by atoms with Crippen LogP contribution in [0.3, 0.4) is 0 Å². The Bertz CT molecular complexity index is 1370. The van der Waals surface area contributed by atoms with Crippen molar-refractivity contribution >= 4 is 11.5 Å². The molecule has 7 nitrogen and oxygen atoms in total. The lowest BCUT2D eigenvalue weighted by Crippen LogP contribution is -2.30. The van der Waals surface area contributed by atoms with E-state index in [4.69, 9.17) is 4.74 Å². The summed E-state index contributed by atoms with van der Waals surface area (Å²) in [6.07, 6.45) is -2.34. The number of rotatable bonds is 7. The average Bonchev–Trinajstić information content (AvgIpc) is 3.32. The maximum absolute atomic E-state index is 15.1. The van der Waals surface area contributed by atoms with Gasteiger partial charge in [-0.3, -0.25) is 4.40 Å². The third kappa shape index (κ3) is 5.79. The summed E-state index contributed by atoms with van der Waals surface area (Å²) in [5.74, 6) is -0.373. The first-order valence-corrected chi connectivity index (χ1v) is 11.6. The number of hydrogen-bond acceptors (Lipinski definition) is 6. The van der Waals surface area contributed by atoms with Crippen LogP contribution in [0.5, 0.6) is 5.75 Å². The van der Waals surface area contributed by atoms with Crippen LogP contribution in [0.15, 0.2) is 60.9 Å². The molecule has 0 atom stereocenters. The maximum atomic E-state index is 15.1. The molecule has 12 heteroatoms. The van der Waals surface area contributed by atoms with Crippen LogP contribution in [-0.4, -0.2) is 39.0 Å². The van der Waals surface area contributed by atoms with Crippen LogP contribution >= 0.6 is 0 Å². The fourth-order valence-corrected chi connectivity index (χ4v) is 4.19. The number of benzene rings is 1. The van der Waals surface area contributed by atoms with Crippen LogP contribution in [0.1, 0.15) is 30.7 Å². The zero-order chi connectivity index (χ0) is 26.0. The van der Waals surface area contributed by atoms with Crippen molar-refractivity contribution < 1.29 is 31.4 Å². The summed E-state index contributed by atoms with van der Waals surface area (Å²) in [5.41, 5.74) is 1.66. The minimum atomic E-state index is -4.81. The van der Waals surface area contributed by atoms with Crippen molar-refractivity contribution in [2.75, 3.05) is 18.0 Å². The molecule has 0 unspecified atom stereocenters. The molecular weight excluding hydrogens is 497 g/mol. The van der Waals surface area contributed by atoms with E-state index in [0.29, 0.717) is 16.7 Å². The molecule has 4 heterocycles. The maximum Gasteiger partial charge on any atom is 0.573 e. The summed E-state index contributed by atoms with van der Waals surface area (Å²) in [5, 5.41) is 7.43. The minimum absolute atomic E-state index is 0.162. The summed E-state index contributed by atoms with van der Waals surface area (Å²) in [7, 11) is 0. The first kappa shape index (κ1) is 24.9. The van der Waals surface area contributed by atoms with E-state index in [1.807, 2.05) is 0 Å². The highest BCUT2D eigenvalue weighted by Crippen LogP contribution is 2.32. The Hall–Kier alpha value is -3.80. The SMILES string of the molecule is FC(F)(F)Oc1ccc(-c2ccc3nnc(C(F)(F)OCc4ccnc(N5CCCCC5)c4)n3c2)cc1. The standard InChI is InChI=1S/C25H22F5N5O2/c26-24(27,36-16-17-10-11-31-22(14-17)34-12-2-1-3-13-34)23-33-32-21-9-6-19(15-35(21)23)18-4-7-20(8-5-18)37-25(28,29)30/h4-11,14-15H,1-3,12-13,16H2. The first-order valence-electron chi connectivity index (χ1n) is 11.6. The number of nitrogens with zero attached hydrogens (tertiary/aromatic N) is 5. The van der Waals surface area contributed by atoms with Gasteiger partial charge in [0.05, 0.1) is 6.61 Å². The third-order valence-electron chi connectivity index (χ3n) is 5.99. The second-order valence-corrected chi connectivity index (χ2v) is 8.62. The number of halogens is 5. The van der Waals surface area contributed by atoms with Gasteiger partial charge in [-0.25, -0.2) is 4.98 Å². The van der Waals surface area contributed by atoms with Gasteiger partial charge in [-0.15, -0.1) is 23.4 Å². The predicted molar refractivity (Wildman–Crippen MR) is 124 cm³/mol. The fourth-order valence-electron chi connectivity index (χ4n) is 4.19. The molecule has 3 aromatic heterocycles. The highest BCUT2D eigenvalue weighted by molar-refractivity contribution is 5.65. The van der Waals surface area contributed by atoms with Crippen molar-refractivity contribution in [3.05, 3.63) is 72.3 Å². The molecule has 5 rings (SSSR count). The van der Waals surface area contributed by atoms with Gasteiger partial charge in [0.15, 0.2) is 5.65 Å². The number of hydrogen-bond donors (Lipinski definition) is 0. The third-order valence-corrected chi connectivity index (χ3v) is 5.99. The Kier molecular flexibility index (Phi) is 6.67. The van der Waals surface area contributed by atoms with Gasteiger partial charge in [-0.05, 0) is 72.4 Å². The molecule has 1 aromatic carbocycles. The molecule has 1 aliphatic rings. The van der Waals surface area contributed by atoms with E-state index >= 15 is 8.78 Å². The Balaban J connectivity index is 1.34. The zero-order valence-electron chi connectivity index (χ0n) is 19.5. The Labute approximate surface area is 208 Å². The summed E-state index contributed by atoms with van der Waals surface area (Å²) in [6.45, 7) is 1.38. The van der Waals surface area contributed by atoms with Crippen LogP contribution in [0.2, 0.25) is 0 Å². The van der Waals surface area contributed by atoms with E-state index in [0.717, 1.165) is 54.7 Å². The van der Waals surface area contributed by atoms with Crippen LogP contribution in [0.25, 0.3) is 16.8 Å². The van der Waals surface area contributed by atoms with Gasteiger partial charge in [0.25, 0.3) is 0 Å². The number of aromatic nitrogens is 4. The topological polar surface area (TPSA) is 64.8 Å². The number of alkyl halides is 5. The summed E-state index contributed by atoms with van der Waals surface area (Å²) in [6, 6.07) is 11.5. The predicted octanol–water partition coefficient (Wildman–Crippen LogP) is 5.95. The Morgan fingerprint density at radius 2 is 1.57 bits per heavy atom. The molecule has 1 saturated heterocycles. The highest BCUT2D eigenvalue weighted by atomic mass is 19.4. The van der Waals surface area contributed by atoms with Gasteiger partial charge in [0, 0.05) is 25.5 Å². The van der Waals surface area contributed by atoms with Crippen molar-refractivity contribution in [1.29, 1.82) is 0 Å². The highest BCUT2D eigenvalue weighted by Gasteiger charge is 2.39. The zero-order valence-corrected chi connectivity index (χ0v) is 19.5. The molecule has 0 aliphatic carbocycles. The van der Waals surface area contributed by atoms with Crippen molar-refractivity contribution in [2.24, 2.45) is 0 Å². The van der Waals surface area contributed by atoms with Gasteiger partial charge < -0.3 is 14.4 Å². The summed E-state index contributed by atoms with van der Waals surface area (Å²) >= 11 is 0. The van der Waals surface area contributed by atoms with Crippen molar-refractivity contribution in [2.45, 2.75) is 38.3 Å². The molecule has 0 radical (unpaired) electrons. The van der Waals surface area contributed by atoms with E-state index < -0.39 is 18.3 Å². The molecule has 4 aromatic rings. The number of pyridine rings is 2. The Morgan fingerprint density at radius 1 is 0.838 bits per heavy atom. The van der Waals surface area contributed by atoms with Crippen LogP contribution < -0.4 is 9.64 Å². The van der Waals surface area contributed by atoms with Gasteiger partial charge in [0.1, 0.15) is 11.6 Å². The quantitative estimate of drug-likeness (QED) is 0.282.